The van der Waals surface area contributed by atoms with Crippen LogP contribution in [0.1, 0.15) is 21.9 Å². The van der Waals surface area contributed by atoms with Crippen molar-refractivity contribution in [1.29, 1.82) is 0 Å². The average molecular weight is 406 g/mol. The summed E-state index contributed by atoms with van der Waals surface area (Å²) in [7, 11) is 0. The number of piperazine rings is 1. The van der Waals surface area contributed by atoms with Crippen molar-refractivity contribution >= 4 is 23.3 Å². The SMILES string of the molecule is Cc1cc(N2CCN(c3ncccc3C(N)=O)CC2)n2nc(C(F)(F)F)nc2n1. The van der Waals surface area contributed by atoms with Crippen molar-refractivity contribution in [3.8, 4) is 0 Å². The molecular weight excluding hydrogens is 389 g/mol. The van der Waals surface area contributed by atoms with E-state index in [4.69, 9.17) is 5.73 Å². The summed E-state index contributed by atoms with van der Waals surface area (Å²) in [6.07, 6.45) is -3.07. The highest BCUT2D eigenvalue weighted by molar-refractivity contribution is 5.97. The molecule has 2 N–H and O–H groups in total. The molecule has 3 aromatic rings. The molecule has 0 unspecified atom stereocenters. The Labute approximate surface area is 163 Å². The van der Waals surface area contributed by atoms with Crippen molar-refractivity contribution in [2.24, 2.45) is 5.73 Å². The average Bonchev–Trinajstić information content (AvgIpc) is 3.12. The highest BCUT2D eigenvalue weighted by atomic mass is 19.4. The third-order valence-electron chi connectivity index (χ3n) is 4.63. The van der Waals surface area contributed by atoms with Crippen molar-refractivity contribution < 1.29 is 18.0 Å². The van der Waals surface area contributed by atoms with Gasteiger partial charge in [0.1, 0.15) is 11.6 Å². The van der Waals surface area contributed by atoms with Gasteiger partial charge in [0, 0.05) is 44.1 Å². The third-order valence-corrected chi connectivity index (χ3v) is 4.63. The van der Waals surface area contributed by atoms with Crippen molar-refractivity contribution in [3.05, 3.63) is 41.5 Å². The van der Waals surface area contributed by atoms with Gasteiger partial charge in [-0.2, -0.15) is 22.7 Å². The predicted octanol–water partition coefficient (Wildman–Crippen LogP) is 1.27. The van der Waals surface area contributed by atoms with E-state index >= 15 is 0 Å². The molecule has 0 aromatic carbocycles. The second-order valence-corrected chi connectivity index (χ2v) is 6.61. The Morgan fingerprint density at radius 2 is 1.83 bits per heavy atom. The molecule has 1 saturated heterocycles. The van der Waals surface area contributed by atoms with Crippen LogP contribution in [-0.4, -0.2) is 56.7 Å². The number of nitrogens with two attached hydrogens (primary N) is 1. The molecule has 1 aliphatic rings. The molecule has 12 heteroatoms. The summed E-state index contributed by atoms with van der Waals surface area (Å²) in [6.45, 7) is 3.65. The van der Waals surface area contributed by atoms with E-state index in [0.717, 1.165) is 4.52 Å². The number of hydrogen-bond acceptors (Lipinski definition) is 7. The minimum absolute atomic E-state index is 0.101. The summed E-state index contributed by atoms with van der Waals surface area (Å²) < 4.78 is 40.1. The molecule has 0 aliphatic carbocycles. The fraction of sp³-hybridized carbons (Fsp3) is 0.353. The lowest BCUT2D eigenvalue weighted by atomic mass is 10.2. The maximum Gasteiger partial charge on any atom is 0.453 e. The molecule has 0 radical (unpaired) electrons. The van der Waals surface area contributed by atoms with Gasteiger partial charge in [-0.15, -0.1) is 5.10 Å². The highest BCUT2D eigenvalue weighted by Crippen LogP contribution is 2.28. The lowest BCUT2D eigenvalue weighted by Gasteiger charge is -2.37. The minimum atomic E-state index is -4.65. The Balaban J connectivity index is 1.61. The van der Waals surface area contributed by atoms with Gasteiger partial charge in [-0.05, 0) is 19.1 Å². The first-order chi connectivity index (χ1) is 13.7. The summed E-state index contributed by atoms with van der Waals surface area (Å²) in [5.74, 6) is -0.919. The number of carbonyl (C=O) groups is 1. The fourth-order valence-electron chi connectivity index (χ4n) is 3.30. The number of anilines is 2. The molecule has 152 valence electrons. The topological polar surface area (TPSA) is 106 Å². The second-order valence-electron chi connectivity index (χ2n) is 6.61. The van der Waals surface area contributed by atoms with E-state index in [9.17, 15) is 18.0 Å². The summed E-state index contributed by atoms with van der Waals surface area (Å²) in [5, 5.41) is 3.60. The fourth-order valence-corrected chi connectivity index (χ4v) is 3.30. The number of primary amides is 1. The van der Waals surface area contributed by atoms with Crippen LogP contribution >= 0.6 is 0 Å². The Bertz CT molecular complexity index is 1070. The predicted molar refractivity (Wildman–Crippen MR) is 97.7 cm³/mol. The molecule has 0 bridgehead atoms. The van der Waals surface area contributed by atoms with Crippen LogP contribution in [-0.2, 0) is 6.18 Å². The van der Waals surface area contributed by atoms with Crippen LogP contribution in [0.5, 0.6) is 0 Å². The monoisotopic (exact) mass is 406 g/mol. The molecule has 0 saturated carbocycles. The quantitative estimate of drug-likeness (QED) is 0.698. The molecule has 9 nitrogen and oxygen atoms in total. The molecule has 3 aromatic heterocycles. The van der Waals surface area contributed by atoms with Crippen LogP contribution in [0.15, 0.2) is 24.4 Å². The van der Waals surface area contributed by atoms with Crippen LogP contribution in [0.4, 0.5) is 24.8 Å². The van der Waals surface area contributed by atoms with Gasteiger partial charge >= 0.3 is 6.18 Å². The first-order valence-electron chi connectivity index (χ1n) is 8.80. The number of aryl methyl sites for hydroxylation is 1. The maximum absolute atomic E-state index is 13.0. The maximum atomic E-state index is 13.0. The van der Waals surface area contributed by atoms with Crippen LogP contribution < -0.4 is 15.5 Å². The lowest BCUT2D eigenvalue weighted by molar-refractivity contribution is -0.144. The minimum Gasteiger partial charge on any atom is -0.365 e. The van der Waals surface area contributed by atoms with Gasteiger partial charge in [-0.25, -0.2) is 9.97 Å². The number of amides is 1. The summed E-state index contributed by atoms with van der Waals surface area (Å²) in [5.41, 5.74) is 6.29. The Morgan fingerprint density at radius 3 is 2.48 bits per heavy atom. The molecular formula is C17H17F3N8O. The summed E-state index contributed by atoms with van der Waals surface area (Å²) in [6, 6.07) is 4.92. The molecule has 4 heterocycles. The van der Waals surface area contributed by atoms with Gasteiger partial charge in [-0.1, -0.05) is 0 Å². The van der Waals surface area contributed by atoms with Crippen LogP contribution in [0, 0.1) is 6.92 Å². The first kappa shape index (κ1) is 18.9. The van der Waals surface area contributed by atoms with Gasteiger partial charge in [0.2, 0.25) is 0 Å². The smallest absolute Gasteiger partial charge is 0.365 e. The number of pyridine rings is 1. The Kier molecular flexibility index (Phi) is 4.47. The number of fused-ring (bicyclic) bond motifs is 1. The van der Waals surface area contributed by atoms with Gasteiger partial charge in [0.05, 0.1) is 5.56 Å². The van der Waals surface area contributed by atoms with E-state index in [2.05, 4.69) is 20.1 Å². The second kappa shape index (κ2) is 6.87. The molecule has 4 rings (SSSR count). The van der Waals surface area contributed by atoms with Crippen LogP contribution in [0.2, 0.25) is 0 Å². The Morgan fingerprint density at radius 1 is 1.14 bits per heavy atom. The van der Waals surface area contributed by atoms with Crippen LogP contribution in [0.25, 0.3) is 5.78 Å². The van der Waals surface area contributed by atoms with Crippen molar-refractivity contribution in [2.75, 3.05) is 36.0 Å². The van der Waals surface area contributed by atoms with Gasteiger partial charge < -0.3 is 15.5 Å². The lowest BCUT2D eigenvalue weighted by Crippen LogP contribution is -2.48. The standard InChI is InChI=1S/C17H17F3N8O/c1-10-9-12(28-16(23-10)24-15(25-28)17(18,19)20)26-5-7-27(8-6-26)14-11(13(21)29)3-2-4-22-14/h2-4,9H,5-8H2,1H3,(H2,21,29). The number of halogens is 3. The number of aromatic nitrogens is 5. The van der Waals surface area contributed by atoms with Gasteiger partial charge in [0.25, 0.3) is 17.5 Å². The van der Waals surface area contributed by atoms with Gasteiger partial charge in [-0.3, -0.25) is 4.79 Å². The normalized spacial score (nSPS) is 15.2. The molecule has 1 fully saturated rings. The number of hydrogen-bond donors (Lipinski definition) is 1. The van der Waals surface area contributed by atoms with Crippen molar-refractivity contribution in [3.63, 3.8) is 0 Å². The first-order valence-corrected chi connectivity index (χ1v) is 8.80. The number of alkyl halides is 3. The van der Waals surface area contributed by atoms with E-state index in [1.165, 1.54) is 0 Å². The molecule has 1 aliphatic heterocycles. The Hall–Kier alpha value is -3.44. The third kappa shape index (κ3) is 3.52. The van der Waals surface area contributed by atoms with Crippen molar-refractivity contribution in [1.82, 2.24) is 24.6 Å². The van der Waals surface area contributed by atoms with E-state index in [-0.39, 0.29) is 5.78 Å². The zero-order chi connectivity index (χ0) is 20.8. The summed E-state index contributed by atoms with van der Waals surface area (Å²) in [4.78, 5) is 27.3. The summed E-state index contributed by atoms with van der Waals surface area (Å²) >= 11 is 0. The van der Waals surface area contributed by atoms with E-state index in [0.29, 0.717) is 49.1 Å². The number of carbonyl (C=O) groups excluding carboxylic acids is 1. The number of rotatable bonds is 3. The molecule has 1 amide bonds. The molecule has 0 atom stereocenters. The zero-order valence-electron chi connectivity index (χ0n) is 15.4. The van der Waals surface area contributed by atoms with Crippen molar-refractivity contribution in [2.45, 2.75) is 13.1 Å². The molecule has 0 spiro atoms. The van der Waals surface area contributed by atoms with Crippen LogP contribution in [0.3, 0.4) is 0 Å². The zero-order valence-corrected chi connectivity index (χ0v) is 15.4. The van der Waals surface area contributed by atoms with E-state index in [1.807, 2.05) is 9.80 Å². The molecule has 29 heavy (non-hydrogen) atoms. The highest BCUT2D eigenvalue weighted by Gasteiger charge is 2.37. The number of nitrogens with zero attached hydrogens (tertiary/aromatic N) is 7. The van der Waals surface area contributed by atoms with E-state index < -0.39 is 17.9 Å². The van der Waals surface area contributed by atoms with Gasteiger partial charge in [0.15, 0.2) is 0 Å². The largest absolute Gasteiger partial charge is 0.453 e. The van der Waals surface area contributed by atoms with E-state index in [1.54, 1.807) is 31.3 Å².